The van der Waals surface area contributed by atoms with Gasteiger partial charge in [-0.2, -0.15) is 5.10 Å². The zero-order chi connectivity index (χ0) is 33.7. The summed E-state index contributed by atoms with van der Waals surface area (Å²) >= 11 is 0. The highest BCUT2D eigenvalue weighted by Gasteiger charge is 2.19. The van der Waals surface area contributed by atoms with E-state index < -0.39 is 0 Å². The number of nitrogens with zero attached hydrogens (tertiary/aromatic N) is 2. The number of para-hydroxylation sites is 1. The number of hydrogen-bond donors (Lipinski definition) is 0. The van der Waals surface area contributed by atoms with Crippen LogP contribution in [0.3, 0.4) is 0 Å². The molecule has 0 saturated carbocycles. The number of benzene rings is 4. The van der Waals surface area contributed by atoms with Crippen LogP contribution in [0.2, 0.25) is 0 Å². The Labute approximate surface area is 279 Å². The average molecular weight is 651 g/mol. The molecule has 0 bridgehead atoms. The van der Waals surface area contributed by atoms with Crippen molar-refractivity contribution in [1.82, 2.24) is 9.78 Å². The molecule has 9 heteroatoms. The lowest BCUT2D eigenvalue weighted by atomic mass is 9.97. The van der Waals surface area contributed by atoms with Crippen molar-refractivity contribution < 1.29 is 28.1 Å². The molecule has 0 aliphatic rings. The molecule has 4 aromatic carbocycles. The molecular formula is C39H39FN2O6. The maximum atomic E-state index is 14.3. The largest absolute Gasteiger partial charge is 0.491 e. The van der Waals surface area contributed by atoms with Gasteiger partial charge in [-0.15, -0.1) is 0 Å². The summed E-state index contributed by atoms with van der Waals surface area (Å²) < 4.78 is 43.8. The first-order valence-electron chi connectivity index (χ1n) is 15.6. The van der Waals surface area contributed by atoms with E-state index >= 15 is 0 Å². The first kappa shape index (κ1) is 34.1. The number of rotatable bonds is 16. The Bertz CT molecular complexity index is 1860. The smallest absolute Gasteiger partial charge is 0.274 e. The molecule has 0 atom stereocenters. The molecule has 0 amide bonds. The van der Waals surface area contributed by atoms with Gasteiger partial charge in [0.25, 0.3) is 5.56 Å². The Morgan fingerprint density at radius 2 is 1.42 bits per heavy atom. The molecule has 8 nitrogen and oxygen atoms in total. The third-order valence-corrected chi connectivity index (χ3v) is 7.44. The molecule has 48 heavy (non-hydrogen) atoms. The Hall–Kier alpha value is -5.25. The first-order chi connectivity index (χ1) is 23.4. The maximum Gasteiger partial charge on any atom is 0.274 e. The first-order valence-corrected chi connectivity index (χ1v) is 15.6. The zero-order valence-corrected chi connectivity index (χ0v) is 27.4. The summed E-state index contributed by atoms with van der Waals surface area (Å²) in [7, 11) is 3.22. The fourth-order valence-electron chi connectivity index (χ4n) is 5.19. The van der Waals surface area contributed by atoms with Crippen molar-refractivity contribution in [3.05, 3.63) is 141 Å². The predicted molar refractivity (Wildman–Crippen MR) is 185 cm³/mol. The highest BCUT2D eigenvalue weighted by molar-refractivity contribution is 5.84. The van der Waals surface area contributed by atoms with Crippen LogP contribution in [0, 0.1) is 12.7 Å². The monoisotopic (exact) mass is 650 g/mol. The minimum absolute atomic E-state index is 0.148. The van der Waals surface area contributed by atoms with E-state index in [1.807, 2.05) is 73.7 Å². The van der Waals surface area contributed by atoms with Gasteiger partial charge in [0.05, 0.1) is 31.0 Å². The van der Waals surface area contributed by atoms with Crippen molar-refractivity contribution in [2.45, 2.75) is 20.1 Å². The number of ether oxygens (including phenoxy) is 5. The van der Waals surface area contributed by atoms with Gasteiger partial charge in [-0.25, -0.2) is 9.07 Å². The second-order valence-electron chi connectivity index (χ2n) is 11.0. The molecule has 0 fully saturated rings. The van der Waals surface area contributed by atoms with E-state index in [1.54, 1.807) is 44.6 Å². The number of hydrogen-bond acceptors (Lipinski definition) is 7. The van der Waals surface area contributed by atoms with Crippen LogP contribution in [0.1, 0.15) is 27.9 Å². The summed E-state index contributed by atoms with van der Waals surface area (Å²) in [6.07, 6.45) is 3.45. The third-order valence-electron chi connectivity index (χ3n) is 7.44. The van der Waals surface area contributed by atoms with Crippen molar-refractivity contribution in [3.63, 3.8) is 0 Å². The highest BCUT2D eigenvalue weighted by Crippen LogP contribution is 2.34. The molecule has 5 aromatic rings. The van der Waals surface area contributed by atoms with Crippen LogP contribution in [0.5, 0.6) is 17.2 Å². The predicted octanol–water partition coefficient (Wildman–Crippen LogP) is 7.21. The van der Waals surface area contributed by atoms with Crippen molar-refractivity contribution >= 4 is 12.2 Å². The Balaban J connectivity index is 1.57. The van der Waals surface area contributed by atoms with Gasteiger partial charge in [0.15, 0.2) is 0 Å². The lowest BCUT2D eigenvalue weighted by molar-refractivity contribution is 0.142. The Kier molecular flexibility index (Phi) is 12.1. The number of halogens is 1. The van der Waals surface area contributed by atoms with Crippen molar-refractivity contribution in [2.75, 3.05) is 40.6 Å². The van der Waals surface area contributed by atoms with E-state index in [1.165, 1.54) is 16.8 Å². The van der Waals surface area contributed by atoms with Gasteiger partial charge in [0, 0.05) is 31.4 Å². The topological polar surface area (TPSA) is 81.0 Å². The minimum Gasteiger partial charge on any atom is -0.491 e. The van der Waals surface area contributed by atoms with Crippen LogP contribution >= 0.6 is 0 Å². The van der Waals surface area contributed by atoms with Gasteiger partial charge in [0.2, 0.25) is 0 Å². The van der Waals surface area contributed by atoms with Crippen LogP contribution in [0.4, 0.5) is 4.39 Å². The lowest BCUT2D eigenvalue weighted by Crippen LogP contribution is -2.27. The van der Waals surface area contributed by atoms with Crippen LogP contribution in [-0.4, -0.2) is 50.4 Å². The molecule has 248 valence electrons. The molecule has 0 aliphatic carbocycles. The van der Waals surface area contributed by atoms with E-state index in [2.05, 4.69) is 0 Å². The van der Waals surface area contributed by atoms with Crippen LogP contribution < -0.4 is 19.8 Å². The fraction of sp³-hybridized carbons (Fsp3) is 0.231. The summed E-state index contributed by atoms with van der Waals surface area (Å²) in [5, 5.41) is 4.78. The van der Waals surface area contributed by atoms with E-state index in [4.69, 9.17) is 28.8 Å². The molecule has 1 heterocycles. The molecule has 0 spiro atoms. The molecule has 0 saturated heterocycles. The normalized spacial score (nSPS) is 11.2. The van der Waals surface area contributed by atoms with E-state index in [-0.39, 0.29) is 17.9 Å². The Morgan fingerprint density at radius 3 is 2.10 bits per heavy atom. The SMILES string of the molecule is COCCOc1cc(Cn2nc(C)c(-c3ccccc3OCc3ccccc3)c(/C=C/c3cccc(F)c3)c2=O)cc(OCCOC)c1. The maximum absolute atomic E-state index is 14.3. The molecule has 1 aromatic heterocycles. The van der Waals surface area contributed by atoms with Crippen molar-refractivity contribution in [2.24, 2.45) is 0 Å². The van der Waals surface area contributed by atoms with E-state index in [9.17, 15) is 9.18 Å². The van der Waals surface area contributed by atoms with Gasteiger partial charge >= 0.3 is 0 Å². The minimum atomic E-state index is -0.364. The number of aromatic nitrogens is 2. The second kappa shape index (κ2) is 17.1. The van der Waals surface area contributed by atoms with Crippen molar-refractivity contribution in [1.29, 1.82) is 0 Å². The van der Waals surface area contributed by atoms with Gasteiger partial charge in [0.1, 0.15) is 42.9 Å². The lowest BCUT2D eigenvalue weighted by Gasteiger charge is -2.17. The number of methoxy groups -OCH3 is 2. The standard InChI is InChI=1S/C39H39FN2O6/c1-28-38(35-14-7-8-15-37(35)48-27-30-10-5-4-6-11-30)36(17-16-29-12-9-13-32(40)22-29)39(43)42(41-28)26-31-23-33(46-20-18-44-2)25-34(24-31)47-21-19-45-3/h4-17,22-25H,18-21,26-27H2,1-3H3/b17-16+. The van der Waals surface area contributed by atoms with Crippen LogP contribution in [0.25, 0.3) is 23.3 Å². The zero-order valence-electron chi connectivity index (χ0n) is 27.4. The molecule has 0 aliphatic heterocycles. The fourth-order valence-corrected chi connectivity index (χ4v) is 5.19. The Morgan fingerprint density at radius 1 is 0.729 bits per heavy atom. The summed E-state index contributed by atoms with van der Waals surface area (Å²) in [5.41, 5.74) is 4.44. The van der Waals surface area contributed by atoms with Crippen LogP contribution in [-0.2, 0) is 22.6 Å². The summed E-state index contributed by atoms with van der Waals surface area (Å²) in [5.74, 6) is 1.40. The summed E-state index contributed by atoms with van der Waals surface area (Å²) in [6, 6.07) is 29.2. The van der Waals surface area contributed by atoms with Gasteiger partial charge in [-0.3, -0.25) is 4.79 Å². The third kappa shape index (κ3) is 9.18. The average Bonchev–Trinajstić information content (AvgIpc) is 3.09. The summed E-state index contributed by atoms with van der Waals surface area (Å²) in [4.78, 5) is 14.3. The van der Waals surface area contributed by atoms with Gasteiger partial charge in [-0.05, 0) is 60.0 Å². The summed E-state index contributed by atoms with van der Waals surface area (Å²) in [6.45, 7) is 3.91. The molecule has 0 radical (unpaired) electrons. The molecule has 0 unspecified atom stereocenters. The van der Waals surface area contributed by atoms with Crippen LogP contribution in [0.15, 0.2) is 102 Å². The molecular weight excluding hydrogens is 611 g/mol. The van der Waals surface area contributed by atoms with E-state index in [0.29, 0.717) is 72.7 Å². The second-order valence-corrected chi connectivity index (χ2v) is 11.0. The number of aryl methyl sites for hydroxylation is 1. The van der Waals surface area contributed by atoms with Crippen molar-refractivity contribution in [3.8, 4) is 28.4 Å². The molecule has 5 rings (SSSR count). The molecule has 0 N–H and O–H groups in total. The highest BCUT2D eigenvalue weighted by atomic mass is 19.1. The van der Waals surface area contributed by atoms with E-state index in [0.717, 1.165) is 16.7 Å². The quantitative estimate of drug-likeness (QED) is 0.105. The van der Waals surface area contributed by atoms with Gasteiger partial charge < -0.3 is 23.7 Å². The van der Waals surface area contributed by atoms with Gasteiger partial charge in [-0.1, -0.05) is 66.7 Å².